The standard InChI is InChI=1S/C13H20FN3O3S/c1-15-21(18,19)11-4-3-7-17(9-11)8-10-5-6-16-13(20-2)12(10)14/h5-6,11,15H,3-4,7-9H2,1-2H3. The summed E-state index contributed by atoms with van der Waals surface area (Å²) in [6.45, 7) is 1.49. The maximum Gasteiger partial charge on any atom is 0.250 e. The number of aromatic nitrogens is 1. The van der Waals surface area contributed by atoms with Crippen molar-refractivity contribution in [3.8, 4) is 5.88 Å². The Kier molecular flexibility index (Phi) is 5.13. The molecule has 1 N–H and O–H groups in total. The van der Waals surface area contributed by atoms with Crippen LogP contribution in [0.2, 0.25) is 0 Å². The molecule has 0 saturated carbocycles. The van der Waals surface area contributed by atoms with Crippen molar-refractivity contribution in [3.63, 3.8) is 0 Å². The van der Waals surface area contributed by atoms with E-state index in [4.69, 9.17) is 4.74 Å². The van der Waals surface area contributed by atoms with Gasteiger partial charge in [0.15, 0.2) is 5.82 Å². The molecule has 6 nitrogen and oxygen atoms in total. The van der Waals surface area contributed by atoms with Crippen LogP contribution in [0.3, 0.4) is 0 Å². The number of methoxy groups -OCH3 is 1. The number of piperidine rings is 1. The van der Waals surface area contributed by atoms with Crippen molar-refractivity contribution >= 4 is 10.0 Å². The minimum Gasteiger partial charge on any atom is -0.479 e. The number of ether oxygens (including phenoxy) is 1. The van der Waals surface area contributed by atoms with Gasteiger partial charge in [0.1, 0.15) is 0 Å². The highest BCUT2D eigenvalue weighted by Gasteiger charge is 2.30. The second-order valence-corrected chi connectivity index (χ2v) is 7.21. The van der Waals surface area contributed by atoms with Gasteiger partial charge < -0.3 is 4.74 Å². The Labute approximate surface area is 124 Å². The van der Waals surface area contributed by atoms with Crippen LogP contribution in [-0.2, 0) is 16.6 Å². The largest absolute Gasteiger partial charge is 0.479 e. The highest BCUT2D eigenvalue weighted by molar-refractivity contribution is 7.90. The summed E-state index contributed by atoms with van der Waals surface area (Å²) in [4.78, 5) is 5.74. The first kappa shape index (κ1) is 16.1. The zero-order valence-corrected chi connectivity index (χ0v) is 13.0. The number of nitrogens with zero attached hydrogens (tertiary/aromatic N) is 2. The zero-order chi connectivity index (χ0) is 15.5. The number of rotatable bonds is 5. The summed E-state index contributed by atoms with van der Waals surface area (Å²) in [5, 5.41) is -0.456. The molecule has 1 saturated heterocycles. The molecule has 1 fully saturated rings. The molecular formula is C13H20FN3O3S. The van der Waals surface area contributed by atoms with Gasteiger partial charge in [-0.15, -0.1) is 0 Å². The van der Waals surface area contributed by atoms with E-state index in [0.29, 0.717) is 25.1 Å². The smallest absolute Gasteiger partial charge is 0.250 e. The van der Waals surface area contributed by atoms with Crippen LogP contribution >= 0.6 is 0 Å². The summed E-state index contributed by atoms with van der Waals surface area (Å²) < 4.78 is 45.1. The summed E-state index contributed by atoms with van der Waals surface area (Å²) in [6, 6.07) is 1.59. The SMILES string of the molecule is CNS(=O)(=O)C1CCCN(Cc2ccnc(OC)c2F)C1. The molecule has 0 radical (unpaired) electrons. The molecule has 2 rings (SSSR count). The monoisotopic (exact) mass is 317 g/mol. The van der Waals surface area contributed by atoms with Crippen LogP contribution in [0.15, 0.2) is 12.3 Å². The molecule has 0 aliphatic carbocycles. The van der Waals surface area contributed by atoms with Crippen molar-refractivity contribution in [2.24, 2.45) is 0 Å². The van der Waals surface area contributed by atoms with E-state index >= 15 is 0 Å². The molecule has 21 heavy (non-hydrogen) atoms. The van der Waals surface area contributed by atoms with E-state index < -0.39 is 21.1 Å². The molecule has 1 atom stereocenters. The van der Waals surface area contributed by atoms with Crippen molar-refractivity contribution < 1.29 is 17.5 Å². The van der Waals surface area contributed by atoms with Gasteiger partial charge in [-0.25, -0.2) is 22.5 Å². The minimum atomic E-state index is -3.29. The lowest BCUT2D eigenvalue weighted by Crippen LogP contribution is -2.45. The Morgan fingerprint density at radius 2 is 2.33 bits per heavy atom. The van der Waals surface area contributed by atoms with Crippen molar-refractivity contribution in [1.82, 2.24) is 14.6 Å². The lowest BCUT2D eigenvalue weighted by Gasteiger charge is -2.32. The van der Waals surface area contributed by atoms with Gasteiger partial charge in [-0.3, -0.25) is 4.90 Å². The van der Waals surface area contributed by atoms with Gasteiger partial charge in [-0.2, -0.15) is 0 Å². The Morgan fingerprint density at radius 1 is 1.57 bits per heavy atom. The molecule has 0 bridgehead atoms. The second kappa shape index (κ2) is 6.67. The number of hydrogen-bond acceptors (Lipinski definition) is 5. The van der Waals surface area contributed by atoms with E-state index in [0.717, 1.165) is 13.0 Å². The van der Waals surface area contributed by atoms with Gasteiger partial charge in [-0.1, -0.05) is 0 Å². The fourth-order valence-corrected chi connectivity index (χ4v) is 3.76. The molecule has 0 spiro atoms. The third-order valence-corrected chi connectivity index (χ3v) is 5.54. The first-order valence-corrected chi connectivity index (χ1v) is 8.34. The average Bonchev–Trinajstić information content (AvgIpc) is 2.50. The zero-order valence-electron chi connectivity index (χ0n) is 12.2. The Hall–Kier alpha value is -1.25. The lowest BCUT2D eigenvalue weighted by atomic mass is 10.1. The third kappa shape index (κ3) is 3.69. The summed E-state index contributed by atoms with van der Waals surface area (Å²) in [6.07, 6.45) is 2.89. The fraction of sp³-hybridized carbons (Fsp3) is 0.615. The van der Waals surface area contributed by atoms with Crippen molar-refractivity contribution in [1.29, 1.82) is 0 Å². The van der Waals surface area contributed by atoms with Crippen molar-refractivity contribution in [2.45, 2.75) is 24.6 Å². The predicted molar refractivity (Wildman–Crippen MR) is 77.0 cm³/mol. The first-order valence-electron chi connectivity index (χ1n) is 6.80. The van der Waals surface area contributed by atoms with Crippen LogP contribution < -0.4 is 9.46 Å². The highest BCUT2D eigenvalue weighted by atomic mass is 32.2. The molecule has 8 heteroatoms. The molecule has 1 aliphatic rings. The van der Waals surface area contributed by atoms with Gasteiger partial charge in [-0.05, 0) is 32.5 Å². The van der Waals surface area contributed by atoms with Crippen LogP contribution in [-0.4, -0.2) is 50.8 Å². The number of pyridine rings is 1. The Morgan fingerprint density at radius 3 is 3.00 bits per heavy atom. The van der Waals surface area contributed by atoms with Crippen molar-refractivity contribution in [2.75, 3.05) is 27.2 Å². The number of nitrogens with one attached hydrogen (secondary N) is 1. The first-order chi connectivity index (χ1) is 9.97. The van der Waals surface area contributed by atoms with E-state index in [-0.39, 0.29) is 5.88 Å². The summed E-state index contributed by atoms with van der Waals surface area (Å²) in [5.41, 5.74) is 0.462. The average molecular weight is 317 g/mol. The van der Waals surface area contributed by atoms with Crippen molar-refractivity contribution in [3.05, 3.63) is 23.6 Å². The van der Waals surface area contributed by atoms with E-state index in [1.807, 2.05) is 4.90 Å². The molecule has 1 aromatic rings. The number of likely N-dealkylation sites (tertiary alicyclic amines) is 1. The fourth-order valence-electron chi connectivity index (χ4n) is 2.54. The molecule has 1 aliphatic heterocycles. The maximum atomic E-state index is 14.1. The molecular weight excluding hydrogens is 297 g/mol. The normalized spacial score (nSPS) is 20.4. The van der Waals surface area contributed by atoms with Crippen LogP contribution in [0.25, 0.3) is 0 Å². The lowest BCUT2D eigenvalue weighted by molar-refractivity contribution is 0.218. The van der Waals surface area contributed by atoms with Crippen LogP contribution in [0.4, 0.5) is 4.39 Å². The Bertz CT molecular complexity index is 594. The van der Waals surface area contributed by atoms with E-state index in [1.165, 1.54) is 20.4 Å². The van der Waals surface area contributed by atoms with E-state index in [1.54, 1.807) is 6.07 Å². The topological polar surface area (TPSA) is 71.5 Å². The predicted octanol–water partition coefficient (Wildman–Crippen LogP) is 0.743. The number of sulfonamides is 1. The van der Waals surface area contributed by atoms with Gasteiger partial charge in [0.2, 0.25) is 15.9 Å². The molecule has 1 aromatic heterocycles. The van der Waals surface area contributed by atoms with Crippen LogP contribution in [0.1, 0.15) is 18.4 Å². The van der Waals surface area contributed by atoms with Gasteiger partial charge in [0.25, 0.3) is 0 Å². The second-order valence-electron chi connectivity index (χ2n) is 5.04. The number of halogens is 1. The van der Waals surface area contributed by atoms with Crippen LogP contribution in [0.5, 0.6) is 5.88 Å². The molecule has 0 aromatic carbocycles. The van der Waals surface area contributed by atoms with Gasteiger partial charge in [0, 0.05) is 24.8 Å². The van der Waals surface area contributed by atoms with Gasteiger partial charge in [0.05, 0.1) is 12.4 Å². The highest BCUT2D eigenvalue weighted by Crippen LogP contribution is 2.22. The Balaban J connectivity index is 2.10. The van der Waals surface area contributed by atoms with Crippen LogP contribution in [0, 0.1) is 5.82 Å². The quantitative estimate of drug-likeness (QED) is 0.867. The third-order valence-electron chi connectivity index (χ3n) is 3.71. The molecule has 1 unspecified atom stereocenters. The number of hydrogen-bond donors (Lipinski definition) is 1. The van der Waals surface area contributed by atoms with E-state index in [9.17, 15) is 12.8 Å². The minimum absolute atomic E-state index is 0.0381. The van der Waals surface area contributed by atoms with E-state index in [2.05, 4.69) is 9.71 Å². The summed E-state index contributed by atoms with van der Waals surface area (Å²) >= 11 is 0. The summed E-state index contributed by atoms with van der Waals surface area (Å²) in [5.74, 6) is -0.525. The maximum absolute atomic E-state index is 14.1. The molecule has 2 heterocycles. The summed E-state index contributed by atoms with van der Waals surface area (Å²) in [7, 11) is -0.507. The van der Waals surface area contributed by atoms with Gasteiger partial charge >= 0.3 is 0 Å². The molecule has 118 valence electrons. The molecule has 0 amide bonds.